The molecular formula is C18H26FNO5. The van der Waals surface area contributed by atoms with Gasteiger partial charge in [0.2, 0.25) is 0 Å². The first-order chi connectivity index (χ1) is 11.3. The molecule has 0 spiro atoms. The first kappa shape index (κ1) is 20.7. The normalized spacial score (nSPS) is 11.8. The van der Waals surface area contributed by atoms with Crippen LogP contribution in [0.2, 0.25) is 0 Å². The summed E-state index contributed by atoms with van der Waals surface area (Å²) in [5.41, 5.74) is -1.03. The van der Waals surface area contributed by atoms with E-state index in [0.717, 1.165) is 11.0 Å². The molecule has 7 heteroatoms. The molecule has 2 amide bonds. The summed E-state index contributed by atoms with van der Waals surface area (Å²) < 4.78 is 23.9. The Labute approximate surface area is 147 Å². The van der Waals surface area contributed by atoms with Crippen molar-refractivity contribution < 1.29 is 28.6 Å². The molecular weight excluding hydrogens is 329 g/mol. The summed E-state index contributed by atoms with van der Waals surface area (Å²) >= 11 is 0. The van der Waals surface area contributed by atoms with Crippen molar-refractivity contribution in [2.75, 3.05) is 6.54 Å². The largest absolute Gasteiger partial charge is 0.505 e. The van der Waals surface area contributed by atoms with Gasteiger partial charge in [-0.3, -0.25) is 0 Å². The van der Waals surface area contributed by atoms with Crippen LogP contribution in [0.3, 0.4) is 0 Å². The van der Waals surface area contributed by atoms with Gasteiger partial charge in [0.05, 0.1) is 0 Å². The average Bonchev–Trinajstić information content (AvgIpc) is 2.38. The van der Waals surface area contributed by atoms with Crippen LogP contribution in [0.5, 0.6) is 5.75 Å². The van der Waals surface area contributed by atoms with Crippen molar-refractivity contribution in [1.82, 2.24) is 4.90 Å². The molecule has 25 heavy (non-hydrogen) atoms. The molecule has 6 nitrogen and oxygen atoms in total. The number of rotatable bonds is 3. The van der Waals surface area contributed by atoms with Crippen molar-refractivity contribution in [1.29, 1.82) is 0 Å². The lowest BCUT2D eigenvalue weighted by Crippen LogP contribution is -2.44. The van der Waals surface area contributed by atoms with E-state index in [9.17, 15) is 19.1 Å². The van der Waals surface area contributed by atoms with Crippen molar-refractivity contribution >= 4 is 12.2 Å². The van der Waals surface area contributed by atoms with E-state index in [-0.39, 0.29) is 13.0 Å². The molecule has 1 N–H and O–H groups in total. The summed E-state index contributed by atoms with van der Waals surface area (Å²) in [6.45, 7) is 10.1. The summed E-state index contributed by atoms with van der Waals surface area (Å²) in [4.78, 5) is 25.5. The number of hydrogen-bond donors (Lipinski definition) is 1. The van der Waals surface area contributed by atoms with Crippen molar-refractivity contribution in [2.45, 2.75) is 59.2 Å². The average molecular weight is 355 g/mol. The molecule has 0 aromatic heterocycles. The van der Waals surface area contributed by atoms with E-state index in [1.54, 1.807) is 41.5 Å². The SMILES string of the molecule is CC(C)(C)OC(=O)N(CCc1ccc(O)c(F)c1)C(=O)OC(C)(C)C. The lowest BCUT2D eigenvalue weighted by Gasteiger charge is -2.28. The second-order valence-corrected chi connectivity index (χ2v) is 7.65. The number of nitrogens with zero attached hydrogens (tertiary/aromatic N) is 1. The van der Waals surface area contributed by atoms with Gasteiger partial charge in [-0.25, -0.2) is 18.9 Å². The minimum absolute atomic E-state index is 0.0476. The lowest BCUT2D eigenvalue weighted by atomic mass is 10.1. The molecule has 0 heterocycles. The summed E-state index contributed by atoms with van der Waals surface area (Å²) in [5.74, 6) is -1.22. The van der Waals surface area contributed by atoms with Gasteiger partial charge < -0.3 is 14.6 Å². The van der Waals surface area contributed by atoms with Gasteiger partial charge >= 0.3 is 12.2 Å². The maximum atomic E-state index is 13.4. The Hall–Kier alpha value is -2.31. The Morgan fingerprint density at radius 2 is 1.52 bits per heavy atom. The van der Waals surface area contributed by atoms with Crippen molar-refractivity contribution in [3.8, 4) is 5.75 Å². The van der Waals surface area contributed by atoms with Crippen LogP contribution in [-0.4, -0.2) is 39.9 Å². The number of phenols is 1. The zero-order chi connectivity index (χ0) is 19.4. The zero-order valence-electron chi connectivity index (χ0n) is 15.6. The van der Waals surface area contributed by atoms with E-state index in [2.05, 4.69) is 0 Å². The molecule has 0 saturated heterocycles. The predicted molar refractivity (Wildman–Crippen MR) is 90.9 cm³/mol. The zero-order valence-corrected chi connectivity index (χ0v) is 15.6. The fourth-order valence-electron chi connectivity index (χ4n) is 1.84. The van der Waals surface area contributed by atoms with Crippen LogP contribution >= 0.6 is 0 Å². The third-order valence-corrected chi connectivity index (χ3v) is 2.86. The second kappa shape index (κ2) is 7.72. The third kappa shape index (κ3) is 7.41. The second-order valence-electron chi connectivity index (χ2n) is 7.65. The highest BCUT2D eigenvalue weighted by Crippen LogP contribution is 2.18. The first-order valence-corrected chi connectivity index (χ1v) is 7.99. The number of benzene rings is 1. The summed E-state index contributed by atoms with van der Waals surface area (Å²) in [5, 5.41) is 9.22. The smallest absolute Gasteiger partial charge is 0.419 e. The van der Waals surface area contributed by atoms with Crippen LogP contribution in [0.1, 0.15) is 47.1 Å². The van der Waals surface area contributed by atoms with Crippen LogP contribution < -0.4 is 0 Å². The number of carbonyl (C=O) groups is 2. The van der Waals surface area contributed by atoms with E-state index >= 15 is 0 Å². The number of hydrogen-bond acceptors (Lipinski definition) is 5. The van der Waals surface area contributed by atoms with Crippen LogP contribution in [-0.2, 0) is 15.9 Å². The Kier molecular flexibility index (Phi) is 6.40. The Morgan fingerprint density at radius 3 is 1.92 bits per heavy atom. The lowest BCUT2D eigenvalue weighted by molar-refractivity contribution is 0.00171. The van der Waals surface area contributed by atoms with Gasteiger partial charge in [0.25, 0.3) is 0 Å². The highest BCUT2D eigenvalue weighted by molar-refractivity contribution is 5.88. The molecule has 1 aromatic rings. The topological polar surface area (TPSA) is 76.1 Å². The quantitative estimate of drug-likeness (QED) is 0.877. The maximum Gasteiger partial charge on any atom is 0.419 e. The van der Waals surface area contributed by atoms with E-state index in [4.69, 9.17) is 9.47 Å². The maximum absolute atomic E-state index is 13.4. The Balaban J connectivity index is 2.91. The minimum atomic E-state index is -0.832. The number of ether oxygens (including phenoxy) is 2. The molecule has 1 rings (SSSR count). The molecule has 0 radical (unpaired) electrons. The van der Waals surface area contributed by atoms with Gasteiger partial charge in [-0.2, -0.15) is 0 Å². The van der Waals surface area contributed by atoms with E-state index in [0.29, 0.717) is 5.56 Å². The van der Waals surface area contributed by atoms with Gasteiger partial charge in [-0.05, 0) is 65.7 Å². The van der Waals surface area contributed by atoms with Gasteiger partial charge in [0.1, 0.15) is 11.2 Å². The van der Waals surface area contributed by atoms with Gasteiger partial charge in [0.15, 0.2) is 11.6 Å². The van der Waals surface area contributed by atoms with Crippen LogP contribution in [0, 0.1) is 5.82 Å². The molecule has 0 atom stereocenters. The van der Waals surface area contributed by atoms with Gasteiger partial charge in [0, 0.05) is 6.54 Å². The number of carbonyl (C=O) groups excluding carboxylic acids is 2. The van der Waals surface area contributed by atoms with Crippen LogP contribution in [0.25, 0.3) is 0 Å². The molecule has 0 aliphatic rings. The Bertz CT molecular complexity index is 603. The highest BCUT2D eigenvalue weighted by atomic mass is 19.1. The molecule has 0 aliphatic heterocycles. The number of amides is 2. The standard InChI is InChI=1S/C18H26FNO5/c1-17(2,3)24-15(22)20(16(23)25-18(4,5)6)10-9-12-7-8-14(21)13(19)11-12/h7-8,11,21H,9-10H2,1-6H3. The molecule has 140 valence electrons. The van der Waals surface area contributed by atoms with Crippen molar-refractivity contribution in [2.24, 2.45) is 0 Å². The summed E-state index contributed by atoms with van der Waals surface area (Å²) in [7, 11) is 0. The Morgan fingerprint density at radius 1 is 1.04 bits per heavy atom. The third-order valence-electron chi connectivity index (χ3n) is 2.86. The molecule has 0 unspecified atom stereocenters. The van der Waals surface area contributed by atoms with E-state index in [1.807, 2.05) is 0 Å². The molecule has 0 saturated carbocycles. The predicted octanol–water partition coefficient (Wildman–Crippen LogP) is 4.25. The number of phenolic OH excluding ortho intramolecular Hbond substituents is 1. The monoisotopic (exact) mass is 355 g/mol. The molecule has 0 aliphatic carbocycles. The van der Waals surface area contributed by atoms with Gasteiger partial charge in [-0.1, -0.05) is 6.07 Å². The van der Waals surface area contributed by atoms with E-state index < -0.39 is 35.0 Å². The number of halogens is 1. The number of aromatic hydroxyl groups is 1. The molecule has 0 bridgehead atoms. The fourth-order valence-corrected chi connectivity index (χ4v) is 1.84. The van der Waals surface area contributed by atoms with Crippen molar-refractivity contribution in [3.05, 3.63) is 29.6 Å². The van der Waals surface area contributed by atoms with Crippen molar-refractivity contribution in [3.63, 3.8) is 0 Å². The van der Waals surface area contributed by atoms with E-state index in [1.165, 1.54) is 12.1 Å². The van der Waals surface area contributed by atoms with Gasteiger partial charge in [-0.15, -0.1) is 0 Å². The van der Waals surface area contributed by atoms with Crippen LogP contribution in [0.15, 0.2) is 18.2 Å². The first-order valence-electron chi connectivity index (χ1n) is 7.99. The highest BCUT2D eigenvalue weighted by Gasteiger charge is 2.30. The number of imide groups is 1. The molecule has 1 aromatic carbocycles. The summed E-state index contributed by atoms with van der Waals surface area (Å²) in [6, 6.07) is 3.88. The fraction of sp³-hybridized carbons (Fsp3) is 0.556. The molecule has 0 fully saturated rings. The van der Waals surface area contributed by atoms with Crippen LogP contribution in [0.4, 0.5) is 14.0 Å². The summed E-state index contributed by atoms with van der Waals surface area (Å²) in [6.07, 6.45) is -1.47. The minimum Gasteiger partial charge on any atom is -0.505 e.